The molecule has 7 heteroatoms. The topological polar surface area (TPSA) is 87.7 Å². The summed E-state index contributed by atoms with van der Waals surface area (Å²) in [5, 5.41) is 5.86. The Bertz CT molecular complexity index is 746. The lowest BCUT2D eigenvalue weighted by Crippen LogP contribution is -2.42. The van der Waals surface area contributed by atoms with Crippen molar-refractivity contribution < 1.29 is 19.1 Å². The molecule has 1 atom stereocenters. The number of carbonyl (C=O) groups excluding carboxylic acids is 3. The molecule has 2 aliphatic heterocycles. The number of benzene rings is 1. The van der Waals surface area contributed by atoms with Crippen LogP contribution in [0.5, 0.6) is 0 Å². The van der Waals surface area contributed by atoms with Crippen molar-refractivity contribution in [3.8, 4) is 0 Å². The first-order valence-corrected chi connectivity index (χ1v) is 10.4. The summed E-state index contributed by atoms with van der Waals surface area (Å²) in [5.41, 5.74) is 1.48. The van der Waals surface area contributed by atoms with E-state index in [4.69, 9.17) is 4.74 Å². The van der Waals surface area contributed by atoms with Crippen molar-refractivity contribution in [2.75, 3.05) is 25.0 Å². The number of carbonyl (C=O) groups is 3. The molecule has 3 rings (SSSR count). The Kier molecular flexibility index (Phi) is 6.45. The number of rotatable bonds is 4. The first-order chi connectivity index (χ1) is 13.7. The number of nitrogens with one attached hydrogen (secondary N) is 2. The molecule has 2 fully saturated rings. The van der Waals surface area contributed by atoms with E-state index in [1.807, 2.05) is 45.0 Å². The molecule has 1 unspecified atom stereocenters. The Labute approximate surface area is 172 Å². The highest BCUT2D eigenvalue weighted by Gasteiger charge is 2.28. The van der Waals surface area contributed by atoms with E-state index in [1.165, 1.54) is 0 Å². The molecule has 2 heterocycles. The van der Waals surface area contributed by atoms with Crippen molar-refractivity contribution in [3.63, 3.8) is 0 Å². The summed E-state index contributed by atoms with van der Waals surface area (Å²) in [7, 11) is 0. The van der Waals surface area contributed by atoms with E-state index in [9.17, 15) is 14.4 Å². The lowest BCUT2D eigenvalue weighted by Gasteiger charge is -2.33. The van der Waals surface area contributed by atoms with Crippen LogP contribution >= 0.6 is 0 Å². The summed E-state index contributed by atoms with van der Waals surface area (Å²) < 4.78 is 5.44. The maximum absolute atomic E-state index is 12.1. The van der Waals surface area contributed by atoms with Gasteiger partial charge < -0.3 is 15.0 Å². The molecular formula is C22H31N3O4. The summed E-state index contributed by atoms with van der Waals surface area (Å²) in [6.45, 7) is 7.93. The molecule has 2 saturated heterocycles. The molecule has 0 bridgehead atoms. The van der Waals surface area contributed by atoms with Crippen molar-refractivity contribution in [3.05, 3.63) is 29.8 Å². The maximum Gasteiger partial charge on any atom is 0.410 e. The molecule has 158 valence electrons. The summed E-state index contributed by atoms with van der Waals surface area (Å²) >= 11 is 0. The van der Waals surface area contributed by atoms with Crippen molar-refractivity contribution >= 4 is 23.6 Å². The zero-order chi connectivity index (χ0) is 21.0. The van der Waals surface area contributed by atoms with E-state index in [1.54, 1.807) is 4.90 Å². The van der Waals surface area contributed by atoms with Crippen LogP contribution in [0.15, 0.2) is 24.3 Å². The fourth-order valence-corrected chi connectivity index (χ4v) is 3.75. The molecule has 0 aliphatic carbocycles. The summed E-state index contributed by atoms with van der Waals surface area (Å²) in [6.07, 6.45) is 2.61. The SMILES string of the molecule is CC(C)(C)OC(=O)N1CCC(CNc2ccc(C3CCC(=O)NC3=O)cc2)CC1. The molecule has 29 heavy (non-hydrogen) atoms. The third kappa shape index (κ3) is 5.95. The quantitative estimate of drug-likeness (QED) is 0.756. The van der Waals surface area contributed by atoms with Crippen LogP contribution in [0.2, 0.25) is 0 Å². The minimum atomic E-state index is -0.463. The van der Waals surface area contributed by atoms with Crippen LogP contribution in [0, 0.1) is 5.92 Å². The number of hydrogen-bond donors (Lipinski definition) is 2. The number of nitrogens with zero attached hydrogens (tertiary/aromatic N) is 1. The third-order valence-electron chi connectivity index (χ3n) is 5.41. The van der Waals surface area contributed by atoms with Crippen LogP contribution < -0.4 is 10.6 Å². The van der Waals surface area contributed by atoms with Gasteiger partial charge in [-0.05, 0) is 63.6 Å². The van der Waals surface area contributed by atoms with Gasteiger partial charge in [-0.2, -0.15) is 0 Å². The number of hydrogen-bond acceptors (Lipinski definition) is 5. The first kappa shape index (κ1) is 21.1. The molecule has 2 aliphatic rings. The highest BCUT2D eigenvalue weighted by atomic mass is 16.6. The molecule has 7 nitrogen and oxygen atoms in total. The van der Waals surface area contributed by atoms with E-state index in [0.29, 0.717) is 18.8 Å². The van der Waals surface area contributed by atoms with Crippen molar-refractivity contribution in [2.24, 2.45) is 5.92 Å². The average Bonchev–Trinajstić information content (AvgIpc) is 2.66. The third-order valence-corrected chi connectivity index (χ3v) is 5.41. The predicted molar refractivity (Wildman–Crippen MR) is 111 cm³/mol. The summed E-state index contributed by atoms with van der Waals surface area (Å²) in [6, 6.07) is 7.87. The van der Waals surface area contributed by atoms with Crippen LogP contribution in [-0.4, -0.2) is 48.0 Å². The Balaban J connectivity index is 1.44. The monoisotopic (exact) mass is 401 g/mol. The number of imide groups is 1. The second-order valence-corrected chi connectivity index (χ2v) is 8.92. The van der Waals surface area contributed by atoms with Crippen molar-refractivity contribution in [2.45, 2.75) is 58.0 Å². The molecule has 1 aromatic carbocycles. The molecule has 0 spiro atoms. The fraction of sp³-hybridized carbons (Fsp3) is 0.591. The van der Waals surface area contributed by atoms with Crippen LogP contribution in [0.4, 0.5) is 10.5 Å². The Morgan fingerprint density at radius 3 is 2.38 bits per heavy atom. The van der Waals surface area contributed by atoms with E-state index >= 15 is 0 Å². The Morgan fingerprint density at radius 1 is 1.14 bits per heavy atom. The lowest BCUT2D eigenvalue weighted by atomic mass is 9.90. The van der Waals surface area contributed by atoms with E-state index in [-0.39, 0.29) is 23.8 Å². The molecular weight excluding hydrogens is 370 g/mol. The second kappa shape index (κ2) is 8.84. The lowest BCUT2D eigenvalue weighted by molar-refractivity contribution is -0.134. The molecule has 1 aromatic rings. The van der Waals surface area contributed by atoms with Crippen LogP contribution in [0.1, 0.15) is 57.9 Å². The van der Waals surface area contributed by atoms with Crippen molar-refractivity contribution in [1.29, 1.82) is 0 Å². The van der Waals surface area contributed by atoms with Gasteiger partial charge in [-0.1, -0.05) is 12.1 Å². The molecule has 3 amide bonds. The zero-order valence-corrected chi connectivity index (χ0v) is 17.5. The number of likely N-dealkylation sites (tertiary alicyclic amines) is 1. The average molecular weight is 402 g/mol. The van der Waals surface area contributed by atoms with Crippen LogP contribution in [0.3, 0.4) is 0 Å². The number of ether oxygens (including phenoxy) is 1. The van der Waals surface area contributed by atoms with Gasteiger partial charge in [-0.15, -0.1) is 0 Å². The Hall–Kier alpha value is -2.57. The first-order valence-electron chi connectivity index (χ1n) is 10.4. The number of piperidine rings is 2. The number of amides is 3. The van der Waals surface area contributed by atoms with Gasteiger partial charge in [0.15, 0.2) is 0 Å². The van der Waals surface area contributed by atoms with Gasteiger partial charge in [0.1, 0.15) is 5.60 Å². The highest BCUT2D eigenvalue weighted by molar-refractivity contribution is 6.00. The van der Waals surface area contributed by atoms with Crippen LogP contribution in [-0.2, 0) is 14.3 Å². The van der Waals surface area contributed by atoms with Gasteiger partial charge in [0.25, 0.3) is 0 Å². The Morgan fingerprint density at radius 2 is 1.79 bits per heavy atom. The molecule has 0 saturated carbocycles. The minimum Gasteiger partial charge on any atom is -0.444 e. The molecule has 0 radical (unpaired) electrons. The largest absolute Gasteiger partial charge is 0.444 e. The van der Waals surface area contributed by atoms with Gasteiger partial charge in [-0.25, -0.2) is 4.79 Å². The van der Waals surface area contributed by atoms with Crippen molar-refractivity contribution in [1.82, 2.24) is 10.2 Å². The molecule has 2 N–H and O–H groups in total. The van der Waals surface area contributed by atoms with Gasteiger partial charge >= 0.3 is 6.09 Å². The van der Waals surface area contributed by atoms with Crippen LogP contribution in [0.25, 0.3) is 0 Å². The zero-order valence-electron chi connectivity index (χ0n) is 17.5. The molecule has 0 aromatic heterocycles. The summed E-state index contributed by atoms with van der Waals surface area (Å²) in [5.74, 6) is -0.150. The highest BCUT2D eigenvalue weighted by Crippen LogP contribution is 2.26. The normalized spacial score (nSPS) is 20.9. The number of anilines is 1. The van der Waals surface area contributed by atoms with E-state index in [0.717, 1.165) is 43.7 Å². The minimum absolute atomic E-state index is 0.192. The fourth-order valence-electron chi connectivity index (χ4n) is 3.75. The summed E-state index contributed by atoms with van der Waals surface area (Å²) in [4.78, 5) is 37.2. The smallest absolute Gasteiger partial charge is 0.410 e. The van der Waals surface area contributed by atoms with Gasteiger partial charge in [-0.3, -0.25) is 14.9 Å². The van der Waals surface area contributed by atoms with Gasteiger partial charge in [0, 0.05) is 31.7 Å². The van der Waals surface area contributed by atoms with Gasteiger partial charge in [0.2, 0.25) is 11.8 Å². The maximum atomic E-state index is 12.1. The second-order valence-electron chi connectivity index (χ2n) is 8.92. The van der Waals surface area contributed by atoms with E-state index < -0.39 is 5.60 Å². The van der Waals surface area contributed by atoms with Gasteiger partial charge in [0.05, 0.1) is 5.92 Å². The predicted octanol–water partition coefficient (Wildman–Crippen LogP) is 3.27. The standard InChI is InChI=1S/C22H31N3O4/c1-22(2,3)29-21(28)25-12-10-15(11-13-25)14-23-17-6-4-16(5-7-17)18-8-9-19(26)24-20(18)27/h4-7,15,18,23H,8-14H2,1-3H3,(H,24,26,27). The van der Waals surface area contributed by atoms with E-state index in [2.05, 4.69) is 10.6 Å².